The molecule has 2 aliphatic heterocycles. The van der Waals surface area contributed by atoms with Crippen LogP contribution in [0.15, 0.2) is 58.1 Å². The molecule has 4 rings (SSSR count). The summed E-state index contributed by atoms with van der Waals surface area (Å²) in [6, 6.07) is 9.76. The van der Waals surface area contributed by atoms with Gasteiger partial charge in [0, 0.05) is 11.3 Å². The lowest BCUT2D eigenvalue weighted by atomic mass is 9.74. The van der Waals surface area contributed by atoms with E-state index in [1.807, 2.05) is 36.4 Å². The second-order valence-electron chi connectivity index (χ2n) is 7.50. The van der Waals surface area contributed by atoms with Crippen molar-refractivity contribution in [1.82, 2.24) is 4.41 Å². The highest BCUT2D eigenvalue weighted by molar-refractivity contribution is 7.93. The average molecular weight is 342 g/mol. The molecule has 4 nitrogen and oxygen atoms in total. The number of allylic oxidation sites excluding steroid dienone is 4. The summed E-state index contributed by atoms with van der Waals surface area (Å²) in [6.45, 7) is 6.28. The highest BCUT2D eigenvalue weighted by Gasteiger charge is 2.54. The van der Waals surface area contributed by atoms with Gasteiger partial charge in [0.15, 0.2) is 0 Å². The third kappa shape index (κ3) is 2.10. The quantitative estimate of drug-likeness (QED) is 0.731. The highest BCUT2D eigenvalue weighted by Crippen LogP contribution is 2.49. The molecule has 1 saturated heterocycles. The van der Waals surface area contributed by atoms with Gasteiger partial charge in [-0.25, -0.2) is 0 Å². The Morgan fingerprint density at radius 1 is 1.21 bits per heavy atom. The number of sulfonamides is 1. The molecule has 2 heterocycles. The van der Waals surface area contributed by atoms with Crippen molar-refractivity contribution in [3.8, 4) is 0 Å². The monoisotopic (exact) mass is 342 g/mol. The van der Waals surface area contributed by atoms with Gasteiger partial charge in [-0.3, -0.25) is 0 Å². The lowest BCUT2D eigenvalue weighted by Gasteiger charge is -2.40. The SMILES string of the molecule is CC1=C[C@H]2C[C@@H]3N(N=C(c4ccccc4)C3(C)C)S(=O)(=O)C2=CC1. The maximum absolute atomic E-state index is 13.1. The first-order chi connectivity index (χ1) is 11.3. The van der Waals surface area contributed by atoms with Crippen LogP contribution in [0, 0.1) is 11.3 Å². The molecule has 0 unspecified atom stereocenters. The van der Waals surface area contributed by atoms with Crippen LogP contribution in [-0.4, -0.2) is 24.6 Å². The third-order valence-electron chi connectivity index (χ3n) is 5.45. The van der Waals surface area contributed by atoms with Gasteiger partial charge in [0.2, 0.25) is 0 Å². The second-order valence-corrected chi connectivity index (χ2v) is 9.29. The molecule has 0 bridgehead atoms. The van der Waals surface area contributed by atoms with Crippen molar-refractivity contribution in [2.45, 2.75) is 39.7 Å². The lowest BCUT2D eigenvalue weighted by molar-refractivity contribution is 0.224. The summed E-state index contributed by atoms with van der Waals surface area (Å²) in [5.74, 6) is -0.0189. The zero-order valence-corrected chi connectivity index (χ0v) is 15.0. The molecule has 0 amide bonds. The molecule has 1 aliphatic carbocycles. The van der Waals surface area contributed by atoms with Crippen LogP contribution in [0.25, 0.3) is 0 Å². The van der Waals surface area contributed by atoms with Crippen LogP contribution in [0.5, 0.6) is 0 Å². The number of fused-ring (bicyclic) bond motifs is 2. The molecule has 0 aromatic heterocycles. The minimum absolute atomic E-state index is 0.0189. The van der Waals surface area contributed by atoms with E-state index >= 15 is 0 Å². The fourth-order valence-corrected chi connectivity index (χ4v) is 6.03. The van der Waals surface area contributed by atoms with E-state index in [-0.39, 0.29) is 17.4 Å². The summed E-state index contributed by atoms with van der Waals surface area (Å²) < 4.78 is 27.6. The zero-order valence-electron chi connectivity index (χ0n) is 14.2. The van der Waals surface area contributed by atoms with E-state index in [1.54, 1.807) is 0 Å². The predicted octanol–water partition coefficient (Wildman–Crippen LogP) is 3.68. The Morgan fingerprint density at radius 3 is 2.62 bits per heavy atom. The van der Waals surface area contributed by atoms with Crippen LogP contribution in [0.4, 0.5) is 0 Å². The molecule has 0 spiro atoms. The smallest absolute Gasteiger partial charge is 0.200 e. The fraction of sp³-hybridized carbons (Fsp3) is 0.421. The number of hydrogen-bond donors (Lipinski definition) is 0. The van der Waals surface area contributed by atoms with Crippen molar-refractivity contribution in [3.63, 3.8) is 0 Å². The summed E-state index contributed by atoms with van der Waals surface area (Å²) in [4.78, 5) is 0.526. The maximum atomic E-state index is 13.1. The molecule has 3 aliphatic rings. The van der Waals surface area contributed by atoms with Gasteiger partial charge in [-0.05, 0) is 25.3 Å². The Kier molecular flexibility index (Phi) is 3.29. The molecule has 0 N–H and O–H groups in total. The first-order valence-corrected chi connectivity index (χ1v) is 9.82. The van der Waals surface area contributed by atoms with Gasteiger partial charge in [-0.2, -0.15) is 17.9 Å². The van der Waals surface area contributed by atoms with E-state index in [0.29, 0.717) is 11.3 Å². The van der Waals surface area contributed by atoms with Crippen molar-refractivity contribution in [1.29, 1.82) is 0 Å². The molecule has 2 atom stereocenters. The van der Waals surface area contributed by atoms with Gasteiger partial charge < -0.3 is 0 Å². The molecule has 24 heavy (non-hydrogen) atoms. The van der Waals surface area contributed by atoms with Gasteiger partial charge in [0.25, 0.3) is 10.0 Å². The molecule has 126 valence electrons. The normalized spacial score (nSPS) is 30.0. The van der Waals surface area contributed by atoms with Crippen molar-refractivity contribution < 1.29 is 8.42 Å². The molecule has 0 radical (unpaired) electrons. The highest BCUT2D eigenvalue weighted by atomic mass is 32.2. The Hall–Kier alpha value is -1.88. The minimum Gasteiger partial charge on any atom is -0.200 e. The Balaban J connectivity index is 1.83. The van der Waals surface area contributed by atoms with Gasteiger partial charge in [-0.1, -0.05) is 61.9 Å². The van der Waals surface area contributed by atoms with Gasteiger partial charge in [0.05, 0.1) is 16.7 Å². The summed E-state index contributed by atoms with van der Waals surface area (Å²) in [6.07, 6.45) is 5.49. The number of rotatable bonds is 1. The number of hydrazone groups is 1. The van der Waals surface area contributed by atoms with Crippen LogP contribution in [0.1, 0.15) is 39.2 Å². The topological polar surface area (TPSA) is 49.7 Å². The average Bonchev–Trinajstić information content (AvgIpc) is 2.80. The standard InChI is InChI=1S/C19H22N2O2S/c1-13-9-10-16-15(11-13)12-17-19(2,3)18(14-7-5-4-6-8-14)20-21(17)24(16,22)23/h4-8,10-11,15,17H,9,12H2,1-3H3/t15-,17-/m0/s1. The van der Waals surface area contributed by atoms with Crippen molar-refractivity contribution >= 4 is 15.7 Å². The molecule has 1 fully saturated rings. The predicted molar refractivity (Wildman–Crippen MR) is 95.9 cm³/mol. The first-order valence-electron chi connectivity index (χ1n) is 8.38. The Bertz CT molecular complexity index is 879. The van der Waals surface area contributed by atoms with Gasteiger partial charge in [0.1, 0.15) is 0 Å². The van der Waals surface area contributed by atoms with Gasteiger partial charge >= 0.3 is 0 Å². The minimum atomic E-state index is -3.53. The van der Waals surface area contributed by atoms with E-state index in [0.717, 1.165) is 17.7 Å². The van der Waals surface area contributed by atoms with Crippen molar-refractivity contribution in [2.24, 2.45) is 16.4 Å². The number of hydrogen-bond acceptors (Lipinski definition) is 3. The van der Waals surface area contributed by atoms with E-state index in [9.17, 15) is 8.42 Å². The third-order valence-corrected chi connectivity index (χ3v) is 7.35. The first kappa shape index (κ1) is 15.6. The summed E-state index contributed by atoms with van der Waals surface area (Å²) in [5, 5.41) is 4.60. The summed E-state index contributed by atoms with van der Waals surface area (Å²) in [5.41, 5.74) is 2.78. The van der Waals surface area contributed by atoms with Gasteiger partial charge in [-0.15, -0.1) is 0 Å². The largest absolute Gasteiger partial charge is 0.275 e. The van der Waals surface area contributed by atoms with Crippen LogP contribution < -0.4 is 0 Å². The lowest BCUT2D eigenvalue weighted by Crippen LogP contribution is -2.48. The molecular weight excluding hydrogens is 320 g/mol. The van der Waals surface area contributed by atoms with Crippen LogP contribution in [0.2, 0.25) is 0 Å². The van der Waals surface area contributed by atoms with Crippen LogP contribution in [0.3, 0.4) is 0 Å². The maximum Gasteiger partial charge on any atom is 0.275 e. The second kappa shape index (κ2) is 5.06. The molecular formula is C19H22N2O2S. The molecule has 5 heteroatoms. The van der Waals surface area contributed by atoms with Crippen LogP contribution >= 0.6 is 0 Å². The molecule has 1 aromatic rings. The summed E-state index contributed by atoms with van der Waals surface area (Å²) >= 11 is 0. The van der Waals surface area contributed by atoms with E-state index in [2.05, 4.69) is 31.9 Å². The number of benzene rings is 1. The van der Waals surface area contributed by atoms with E-state index in [1.165, 1.54) is 9.99 Å². The van der Waals surface area contributed by atoms with E-state index in [4.69, 9.17) is 0 Å². The molecule has 0 saturated carbocycles. The Labute approximate surface area is 143 Å². The Morgan fingerprint density at radius 2 is 1.92 bits per heavy atom. The summed E-state index contributed by atoms with van der Waals surface area (Å²) in [7, 11) is -3.53. The van der Waals surface area contributed by atoms with Crippen molar-refractivity contribution in [2.75, 3.05) is 0 Å². The fourth-order valence-electron chi connectivity index (χ4n) is 4.10. The van der Waals surface area contributed by atoms with E-state index < -0.39 is 10.0 Å². The number of nitrogens with zero attached hydrogens (tertiary/aromatic N) is 2. The zero-order chi connectivity index (χ0) is 17.1. The molecule has 1 aromatic carbocycles. The van der Waals surface area contributed by atoms with Crippen molar-refractivity contribution in [3.05, 3.63) is 58.5 Å². The van der Waals surface area contributed by atoms with Crippen LogP contribution in [-0.2, 0) is 10.0 Å².